The molecule has 19 heavy (non-hydrogen) atoms. The highest BCUT2D eigenvalue weighted by molar-refractivity contribution is 6.00. The van der Waals surface area contributed by atoms with Gasteiger partial charge in [0.1, 0.15) is 0 Å². The van der Waals surface area contributed by atoms with Crippen molar-refractivity contribution in [3.05, 3.63) is 18.4 Å². The van der Waals surface area contributed by atoms with Gasteiger partial charge in [-0.15, -0.1) is 5.73 Å². The summed E-state index contributed by atoms with van der Waals surface area (Å²) in [7, 11) is 2.53. The van der Waals surface area contributed by atoms with Gasteiger partial charge in [0, 0.05) is 18.9 Å². The van der Waals surface area contributed by atoms with E-state index < -0.39 is 17.4 Å². The zero-order valence-electron chi connectivity index (χ0n) is 11.6. The van der Waals surface area contributed by atoms with Crippen molar-refractivity contribution in [3.8, 4) is 0 Å². The van der Waals surface area contributed by atoms with Crippen molar-refractivity contribution in [2.24, 2.45) is 11.3 Å². The quantitative estimate of drug-likeness (QED) is 0.429. The molecule has 1 rings (SSSR count). The van der Waals surface area contributed by atoms with E-state index in [-0.39, 0.29) is 18.4 Å². The van der Waals surface area contributed by atoms with Gasteiger partial charge < -0.3 is 14.2 Å². The summed E-state index contributed by atoms with van der Waals surface area (Å²) in [6.45, 7) is 5.90. The molecule has 5 heteroatoms. The summed E-state index contributed by atoms with van der Waals surface area (Å²) in [6.07, 6.45) is 2.04. The number of methoxy groups -OCH3 is 2. The van der Waals surface area contributed by atoms with E-state index in [1.54, 1.807) is 6.08 Å². The maximum atomic E-state index is 12.0. The molecule has 1 saturated carbocycles. The maximum Gasteiger partial charge on any atom is 0.323 e. The van der Waals surface area contributed by atoms with Gasteiger partial charge in [-0.2, -0.15) is 0 Å². The Morgan fingerprint density at radius 1 is 1.32 bits per heavy atom. The number of ether oxygens (including phenoxy) is 3. The van der Waals surface area contributed by atoms with Gasteiger partial charge in [0.2, 0.25) is 0 Å². The highest BCUT2D eigenvalue weighted by atomic mass is 16.5. The molecule has 1 aliphatic carbocycles. The number of esters is 2. The Morgan fingerprint density at radius 3 is 2.32 bits per heavy atom. The first-order valence-corrected chi connectivity index (χ1v) is 6.20. The van der Waals surface area contributed by atoms with E-state index >= 15 is 0 Å². The Labute approximate surface area is 113 Å². The number of carbonyl (C=O) groups excluding carboxylic acids is 2. The normalized spacial score (nSPS) is 24.4. The van der Waals surface area contributed by atoms with Crippen LogP contribution in [-0.2, 0) is 23.8 Å². The zero-order valence-corrected chi connectivity index (χ0v) is 11.6. The third kappa shape index (κ3) is 2.88. The molecule has 106 valence electrons. The number of hydrogen-bond donors (Lipinski definition) is 0. The molecule has 0 saturated heterocycles. The summed E-state index contributed by atoms with van der Waals surface area (Å²) in [5.41, 5.74) is 1.40. The molecule has 0 radical (unpaired) electrons. The second-order valence-corrected chi connectivity index (χ2v) is 4.50. The molecule has 0 aromatic heterocycles. The molecule has 0 N–H and O–H groups in total. The fourth-order valence-corrected chi connectivity index (χ4v) is 2.63. The molecule has 0 heterocycles. The molecule has 0 aromatic carbocycles. The van der Waals surface area contributed by atoms with Crippen LogP contribution < -0.4 is 0 Å². The monoisotopic (exact) mass is 268 g/mol. The first-order chi connectivity index (χ1) is 9.05. The van der Waals surface area contributed by atoms with E-state index in [1.807, 2.05) is 6.92 Å². The second-order valence-electron chi connectivity index (χ2n) is 4.50. The van der Waals surface area contributed by atoms with Crippen molar-refractivity contribution >= 4 is 11.9 Å². The molecule has 1 fully saturated rings. The molecule has 0 unspecified atom stereocenters. The molecule has 0 spiro atoms. The van der Waals surface area contributed by atoms with Gasteiger partial charge in [0.05, 0.1) is 20.3 Å². The van der Waals surface area contributed by atoms with E-state index in [0.29, 0.717) is 13.0 Å². The summed E-state index contributed by atoms with van der Waals surface area (Å²) in [5.74, 6) is -1.26. The van der Waals surface area contributed by atoms with Crippen molar-refractivity contribution in [1.82, 2.24) is 0 Å². The van der Waals surface area contributed by atoms with Gasteiger partial charge in [-0.1, -0.05) is 6.58 Å². The topological polar surface area (TPSA) is 61.8 Å². The van der Waals surface area contributed by atoms with Crippen LogP contribution in [0.4, 0.5) is 0 Å². The zero-order chi connectivity index (χ0) is 14.5. The lowest BCUT2D eigenvalue weighted by Crippen LogP contribution is -2.39. The molecular weight excluding hydrogens is 248 g/mol. The molecule has 0 aliphatic heterocycles. The van der Waals surface area contributed by atoms with E-state index in [4.69, 9.17) is 14.2 Å². The molecule has 2 atom stereocenters. The first-order valence-electron chi connectivity index (χ1n) is 6.20. The molecule has 0 aromatic rings. The lowest BCUT2D eigenvalue weighted by molar-refractivity contribution is -0.169. The largest absolute Gasteiger partial charge is 0.468 e. The predicted octanol–water partition coefficient (Wildman–Crippen LogP) is 1.47. The third-order valence-corrected chi connectivity index (χ3v) is 3.48. The third-order valence-electron chi connectivity index (χ3n) is 3.48. The minimum absolute atomic E-state index is 0.101. The fraction of sp³-hybridized carbons (Fsp3) is 0.643. The van der Waals surface area contributed by atoms with E-state index in [2.05, 4.69) is 12.3 Å². The van der Waals surface area contributed by atoms with Crippen molar-refractivity contribution in [1.29, 1.82) is 0 Å². The van der Waals surface area contributed by atoms with Crippen molar-refractivity contribution in [2.75, 3.05) is 20.8 Å². The van der Waals surface area contributed by atoms with E-state index in [9.17, 15) is 9.59 Å². The van der Waals surface area contributed by atoms with Crippen LogP contribution in [0.2, 0.25) is 0 Å². The van der Waals surface area contributed by atoms with Crippen molar-refractivity contribution < 1.29 is 23.8 Å². The highest BCUT2D eigenvalue weighted by Gasteiger charge is 2.57. The van der Waals surface area contributed by atoms with Crippen LogP contribution in [0.5, 0.6) is 0 Å². The molecule has 1 aliphatic rings. The van der Waals surface area contributed by atoms with Crippen LogP contribution in [0.3, 0.4) is 0 Å². The Morgan fingerprint density at radius 2 is 1.89 bits per heavy atom. The van der Waals surface area contributed by atoms with Crippen LogP contribution in [0.15, 0.2) is 18.4 Å². The number of rotatable bonds is 5. The van der Waals surface area contributed by atoms with Gasteiger partial charge in [-0.05, 0) is 19.4 Å². The summed E-state index contributed by atoms with van der Waals surface area (Å²) in [5, 5.41) is 0. The molecule has 5 nitrogen and oxygen atoms in total. The number of carbonyl (C=O) groups is 2. The maximum absolute atomic E-state index is 12.0. The van der Waals surface area contributed by atoms with Crippen molar-refractivity contribution in [2.45, 2.75) is 25.9 Å². The van der Waals surface area contributed by atoms with Gasteiger partial charge in [0.15, 0.2) is 5.41 Å². The number of hydrogen-bond acceptors (Lipinski definition) is 5. The van der Waals surface area contributed by atoms with Gasteiger partial charge in [-0.3, -0.25) is 9.59 Å². The van der Waals surface area contributed by atoms with Gasteiger partial charge in [0.25, 0.3) is 0 Å². The minimum Gasteiger partial charge on any atom is -0.468 e. The summed E-state index contributed by atoms with van der Waals surface area (Å²) in [4.78, 5) is 24.0. The molecule has 0 bridgehead atoms. The highest BCUT2D eigenvalue weighted by Crippen LogP contribution is 2.45. The Hall–Kier alpha value is -1.58. The summed E-state index contributed by atoms with van der Waals surface area (Å²) in [6, 6.07) is 0. The van der Waals surface area contributed by atoms with E-state index in [0.717, 1.165) is 0 Å². The van der Waals surface area contributed by atoms with Gasteiger partial charge >= 0.3 is 11.9 Å². The molecular formula is C14H20O5. The average Bonchev–Trinajstić information content (AvgIpc) is 2.78. The van der Waals surface area contributed by atoms with Crippen LogP contribution >= 0.6 is 0 Å². The van der Waals surface area contributed by atoms with Gasteiger partial charge in [-0.25, -0.2) is 0 Å². The Bertz CT molecular complexity index is 379. The fourth-order valence-electron chi connectivity index (χ4n) is 2.63. The van der Waals surface area contributed by atoms with E-state index in [1.165, 1.54) is 14.2 Å². The van der Waals surface area contributed by atoms with Crippen LogP contribution in [-0.4, -0.2) is 38.9 Å². The van der Waals surface area contributed by atoms with Crippen LogP contribution in [0, 0.1) is 11.3 Å². The summed E-state index contributed by atoms with van der Waals surface area (Å²) < 4.78 is 15.1. The first kappa shape index (κ1) is 15.5. The smallest absolute Gasteiger partial charge is 0.323 e. The average molecular weight is 268 g/mol. The minimum atomic E-state index is -1.29. The molecule has 0 amide bonds. The van der Waals surface area contributed by atoms with Crippen molar-refractivity contribution in [3.63, 3.8) is 0 Å². The predicted molar refractivity (Wildman–Crippen MR) is 68.3 cm³/mol. The Kier molecular flexibility index (Phi) is 5.33. The standard InChI is InChI=1S/C14H20O5/c1-5-7-10-8-14(12(15)17-3,13(16)18-4)9-11(10)19-6-2/h7,10-11H,1,6,8-9H2,2-4H3/t10-,11-/m1/s1. The lowest BCUT2D eigenvalue weighted by Gasteiger charge is -2.22. The Balaban J connectivity index is 3.10. The second kappa shape index (κ2) is 6.55. The van der Waals surface area contributed by atoms with Crippen LogP contribution in [0.1, 0.15) is 19.8 Å². The SMILES string of the molecule is C=C=C[C@@H]1CC(C(=O)OC)(C(=O)OC)C[C@H]1OCC. The lowest BCUT2D eigenvalue weighted by atomic mass is 9.85. The summed E-state index contributed by atoms with van der Waals surface area (Å²) >= 11 is 0. The van der Waals surface area contributed by atoms with Crippen LogP contribution in [0.25, 0.3) is 0 Å².